The van der Waals surface area contributed by atoms with Crippen LogP contribution < -0.4 is 15.4 Å². The van der Waals surface area contributed by atoms with Gasteiger partial charge in [-0.05, 0) is 47.2 Å². The van der Waals surface area contributed by atoms with E-state index < -0.39 is 6.04 Å². The number of nitrogens with zero attached hydrogens (tertiary/aromatic N) is 4. The molecule has 2 aromatic carbocycles. The number of amides is 1. The highest BCUT2D eigenvalue weighted by Crippen LogP contribution is 2.36. The van der Waals surface area contributed by atoms with Crippen molar-refractivity contribution in [1.29, 1.82) is 0 Å². The summed E-state index contributed by atoms with van der Waals surface area (Å²) in [4.78, 5) is 13.2. The molecule has 1 amide bonds. The molecular formula is C19H18N6O3. The molecule has 9 heteroatoms. The first-order valence-corrected chi connectivity index (χ1v) is 8.57. The van der Waals surface area contributed by atoms with Gasteiger partial charge in [0.1, 0.15) is 17.5 Å². The van der Waals surface area contributed by atoms with Crippen molar-refractivity contribution in [1.82, 2.24) is 20.2 Å². The van der Waals surface area contributed by atoms with Gasteiger partial charge in [-0.2, -0.15) is 4.68 Å². The number of carbonyl (C=O) groups is 1. The van der Waals surface area contributed by atoms with Crippen LogP contribution in [0.4, 0.5) is 11.6 Å². The summed E-state index contributed by atoms with van der Waals surface area (Å²) in [5.74, 6) is 0.728. The van der Waals surface area contributed by atoms with Crippen LogP contribution in [0.5, 0.6) is 11.5 Å². The number of aromatic hydroxyl groups is 1. The lowest BCUT2D eigenvalue weighted by Gasteiger charge is -2.28. The fourth-order valence-corrected chi connectivity index (χ4v) is 3.25. The van der Waals surface area contributed by atoms with Crippen molar-refractivity contribution in [2.24, 2.45) is 0 Å². The van der Waals surface area contributed by atoms with Gasteiger partial charge in [0.05, 0.1) is 18.4 Å². The molecule has 0 fully saturated rings. The van der Waals surface area contributed by atoms with Gasteiger partial charge in [0.25, 0.3) is 5.91 Å². The van der Waals surface area contributed by atoms with Gasteiger partial charge in [0, 0.05) is 5.70 Å². The number of ether oxygens (including phenoxy) is 1. The number of fused-ring (bicyclic) bond motifs is 1. The molecule has 1 aliphatic heterocycles. The molecule has 0 spiro atoms. The predicted octanol–water partition coefficient (Wildman–Crippen LogP) is 2.31. The molecule has 1 aromatic heterocycles. The summed E-state index contributed by atoms with van der Waals surface area (Å²) in [5, 5.41) is 27.5. The predicted molar refractivity (Wildman–Crippen MR) is 102 cm³/mol. The number of rotatable bonds is 4. The van der Waals surface area contributed by atoms with Gasteiger partial charge in [-0.1, -0.05) is 29.4 Å². The van der Waals surface area contributed by atoms with E-state index in [2.05, 4.69) is 26.2 Å². The number of allylic oxidation sites excluding steroid dienone is 1. The van der Waals surface area contributed by atoms with E-state index in [9.17, 15) is 9.90 Å². The van der Waals surface area contributed by atoms with Crippen LogP contribution in [0.1, 0.15) is 18.5 Å². The minimum absolute atomic E-state index is 0.0906. The standard InChI is InChI=1S/C19H18N6O3/c1-11-16(18(27)21-14-8-3-4-9-15(14)28-2)17(12-6-5-7-13(26)10-12)25-19(20-11)22-23-24-25/h3-10,17,26H,1-2H3,(H,21,27)(H,20,22,24)/t17-/m1/s1. The molecule has 1 aliphatic rings. The maximum Gasteiger partial charge on any atom is 0.255 e. The Morgan fingerprint density at radius 2 is 2.07 bits per heavy atom. The Kier molecular flexibility index (Phi) is 4.40. The molecule has 0 radical (unpaired) electrons. The number of carbonyl (C=O) groups excluding carboxylic acids is 1. The molecule has 0 bridgehead atoms. The second-order valence-electron chi connectivity index (χ2n) is 6.26. The van der Waals surface area contributed by atoms with Crippen LogP contribution >= 0.6 is 0 Å². The number of phenols is 1. The Balaban J connectivity index is 1.77. The smallest absolute Gasteiger partial charge is 0.255 e. The molecule has 0 saturated carbocycles. The van der Waals surface area contributed by atoms with Crippen LogP contribution in [-0.2, 0) is 4.79 Å². The maximum absolute atomic E-state index is 13.2. The van der Waals surface area contributed by atoms with E-state index in [-0.39, 0.29) is 11.7 Å². The first-order valence-electron chi connectivity index (χ1n) is 8.57. The maximum atomic E-state index is 13.2. The third-order valence-electron chi connectivity index (χ3n) is 4.50. The number of nitrogens with one attached hydrogen (secondary N) is 2. The van der Waals surface area contributed by atoms with Gasteiger partial charge in [-0.15, -0.1) is 0 Å². The SMILES string of the molecule is COc1ccccc1NC(=O)C1=C(C)Nc2nnnn2[C@@H]1c1cccc(O)c1. The Morgan fingerprint density at radius 3 is 2.86 bits per heavy atom. The number of anilines is 2. The lowest BCUT2D eigenvalue weighted by atomic mass is 9.95. The van der Waals surface area contributed by atoms with Crippen molar-refractivity contribution >= 4 is 17.5 Å². The van der Waals surface area contributed by atoms with Crippen molar-refractivity contribution < 1.29 is 14.6 Å². The number of methoxy groups -OCH3 is 1. The molecule has 2 heterocycles. The lowest BCUT2D eigenvalue weighted by molar-refractivity contribution is -0.113. The number of hydrogen-bond acceptors (Lipinski definition) is 7. The summed E-state index contributed by atoms with van der Waals surface area (Å²) < 4.78 is 6.83. The minimum Gasteiger partial charge on any atom is -0.508 e. The Morgan fingerprint density at radius 1 is 1.25 bits per heavy atom. The third kappa shape index (κ3) is 3.02. The summed E-state index contributed by atoms with van der Waals surface area (Å²) in [5.41, 5.74) is 2.27. The van der Waals surface area contributed by atoms with Crippen molar-refractivity contribution in [2.75, 3.05) is 17.7 Å². The first-order chi connectivity index (χ1) is 13.6. The van der Waals surface area contributed by atoms with Crippen LogP contribution in [0.3, 0.4) is 0 Å². The molecule has 0 unspecified atom stereocenters. The summed E-state index contributed by atoms with van der Waals surface area (Å²) in [7, 11) is 1.54. The Hall–Kier alpha value is -3.88. The van der Waals surface area contributed by atoms with E-state index >= 15 is 0 Å². The largest absolute Gasteiger partial charge is 0.508 e. The topological polar surface area (TPSA) is 114 Å². The highest BCUT2D eigenvalue weighted by atomic mass is 16.5. The molecule has 0 saturated heterocycles. The van der Waals surface area contributed by atoms with Crippen molar-refractivity contribution in [3.63, 3.8) is 0 Å². The Labute approximate surface area is 160 Å². The average molecular weight is 378 g/mol. The van der Waals surface area contributed by atoms with Crippen LogP contribution in [0.25, 0.3) is 0 Å². The van der Waals surface area contributed by atoms with Gasteiger partial charge in [0.15, 0.2) is 0 Å². The fraction of sp³-hybridized carbons (Fsp3) is 0.158. The van der Waals surface area contributed by atoms with Gasteiger partial charge in [0.2, 0.25) is 5.95 Å². The van der Waals surface area contributed by atoms with Crippen LogP contribution in [0.2, 0.25) is 0 Å². The zero-order valence-electron chi connectivity index (χ0n) is 15.2. The molecule has 142 valence electrons. The van der Waals surface area contributed by atoms with E-state index in [1.54, 1.807) is 44.4 Å². The van der Waals surface area contributed by atoms with Crippen LogP contribution in [-0.4, -0.2) is 38.3 Å². The second kappa shape index (κ2) is 7.03. The quantitative estimate of drug-likeness (QED) is 0.638. The third-order valence-corrected chi connectivity index (χ3v) is 4.50. The molecule has 1 atom stereocenters. The zero-order valence-corrected chi connectivity index (χ0v) is 15.2. The number of para-hydroxylation sites is 2. The first kappa shape index (κ1) is 17.5. The Bertz CT molecular complexity index is 1070. The van der Waals surface area contributed by atoms with Crippen molar-refractivity contribution in [3.8, 4) is 11.5 Å². The van der Waals surface area contributed by atoms with E-state index in [0.717, 1.165) is 0 Å². The summed E-state index contributed by atoms with van der Waals surface area (Å²) in [6.45, 7) is 1.78. The molecule has 0 aliphatic carbocycles. The normalized spacial score (nSPS) is 15.6. The van der Waals surface area contributed by atoms with Crippen molar-refractivity contribution in [3.05, 3.63) is 65.4 Å². The summed E-state index contributed by atoms with van der Waals surface area (Å²) in [6, 6.07) is 13.2. The molecule has 4 rings (SSSR count). The average Bonchev–Trinajstić information content (AvgIpc) is 3.15. The van der Waals surface area contributed by atoms with E-state index in [1.165, 1.54) is 4.68 Å². The number of tetrazole rings is 1. The number of phenolic OH excluding ortho intramolecular Hbond substituents is 1. The van der Waals surface area contributed by atoms with Gasteiger partial charge >= 0.3 is 0 Å². The molecule has 28 heavy (non-hydrogen) atoms. The summed E-state index contributed by atoms with van der Waals surface area (Å²) >= 11 is 0. The van der Waals surface area contributed by atoms with E-state index in [0.29, 0.717) is 34.2 Å². The van der Waals surface area contributed by atoms with Crippen molar-refractivity contribution in [2.45, 2.75) is 13.0 Å². The highest BCUT2D eigenvalue weighted by Gasteiger charge is 2.34. The second-order valence-corrected chi connectivity index (χ2v) is 6.26. The highest BCUT2D eigenvalue weighted by molar-refractivity contribution is 6.06. The minimum atomic E-state index is -0.604. The van der Waals surface area contributed by atoms with E-state index in [4.69, 9.17) is 4.74 Å². The lowest BCUT2D eigenvalue weighted by Crippen LogP contribution is -2.31. The number of benzene rings is 2. The fourth-order valence-electron chi connectivity index (χ4n) is 3.25. The molecular weight excluding hydrogens is 360 g/mol. The van der Waals surface area contributed by atoms with Gasteiger partial charge in [-0.3, -0.25) is 4.79 Å². The molecule has 9 nitrogen and oxygen atoms in total. The number of aromatic nitrogens is 4. The van der Waals surface area contributed by atoms with Crippen LogP contribution in [0.15, 0.2) is 59.8 Å². The van der Waals surface area contributed by atoms with Gasteiger partial charge in [-0.25, -0.2) is 0 Å². The number of hydrogen-bond donors (Lipinski definition) is 3. The zero-order chi connectivity index (χ0) is 19.7. The van der Waals surface area contributed by atoms with Gasteiger partial charge < -0.3 is 20.5 Å². The van der Waals surface area contributed by atoms with E-state index in [1.807, 2.05) is 18.2 Å². The monoisotopic (exact) mass is 378 g/mol. The molecule has 3 N–H and O–H groups in total. The molecule has 3 aromatic rings. The van der Waals surface area contributed by atoms with Crippen LogP contribution in [0, 0.1) is 0 Å². The summed E-state index contributed by atoms with van der Waals surface area (Å²) in [6.07, 6.45) is 0.